The highest BCUT2D eigenvalue weighted by molar-refractivity contribution is 5.90. The molecule has 11 unspecified atom stereocenters. The normalized spacial score (nSPS) is 30.0. The summed E-state index contributed by atoms with van der Waals surface area (Å²) in [5, 5.41) is 87.1. The molecule has 0 radical (unpaired) electrons. The van der Waals surface area contributed by atoms with Crippen LogP contribution in [0.1, 0.15) is 20.7 Å². The number of esters is 2. The molecule has 0 spiro atoms. The maximum Gasteiger partial charge on any atom is 0.338 e. The van der Waals surface area contributed by atoms with Crippen LogP contribution < -0.4 is 28.4 Å². The molecule has 64 heavy (non-hydrogen) atoms. The largest absolute Gasteiger partial charge is 0.504 e. The highest BCUT2D eigenvalue weighted by atomic mass is 16.8. The Morgan fingerprint density at radius 1 is 0.641 bits per heavy atom. The van der Waals surface area contributed by atoms with Gasteiger partial charge in [-0.2, -0.15) is 0 Å². The van der Waals surface area contributed by atoms with Crippen molar-refractivity contribution in [1.82, 2.24) is 0 Å². The van der Waals surface area contributed by atoms with Crippen LogP contribution in [0.2, 0.25) is 0 Å². The quantitative estimate of drug-likeness (QED) is 0.0708. The van der Waals surface area contributed by atoms with Gasteiger partial charge in [0.05, 0.1) is 66.5 Å². The van der Waals surface area contributed by atoms with Crippen LogP contribution in [-0.4, -0.2) is 188 Å². The summed E-state index contributed by atoms with van der Waals surface area (Å²) in [5.41, 5.74) is -4.47. The molecule has 3 aromatic carbocycles. The number of methoxy groups -OCH3 is 5. The number of carbonyl (C=O) groups is 2. The summed E-state index contributed by atoms with van der Waals surface area (Å²) in [7, 11) is 6.66. The Balaban J connectivity index is 1.14. The molecule has 23 heteroatoms. The maximum absolute atomic E-state index is 12.8. The molecule has 3 saturated heterocycles. The fourth-order valence-electron chi connectivity index (χ4n) is 6.86. The van der Waals surface area contributed by atoms with Crippen molar-refractivity contribution in [2.24, 2.45) is 0 Å². The molecule has 23 nitrogen and oxygen atoms in total. The van der Waals surface area contributed by atoms with Crippen LogP contribution in [-0.2, 0) is 33.2 Å². The molecule has 8 N–H and O–H groups in total. The third kappa shape index (κ3) is 10.1. The topological polar surface area (TPSA) is 316 Å². The standard InChI is InChI=1S/C41H50O23/c1-52-24-10-19(6-8-22(24)42)35(48)58-15-40(50)17-60-38(33(40)46)57-14-28-29(44)30(45)32(37(63-28)62-21-12-26(54-3)31(56-5)27(13-21)55-4)64-39-34(47)41(51,18-61-39)16-59-36(49)20-7-9-23(43)25(11-20)53-2/h6-13,28-30,32-34,37-39,42-47,50-51H,14-18H2,1-5H3. The Bertz CT molecular complexity index is 2070. The molecule has 0 amide bonds. The van der Waals surface area contributed by atoms with Crippen LogP contribution in [0.5, 0.6) is 46.0 Å². The van der Waals surface area contributed by atoms with Gasteiger partial charge in [0.25, 0.3) is 0 Å². The monoisotopic (exact) mass is 910 g/mol. The van der Waals surface area contributed by atoms with Crippen LogP contribution in [0.3, 0.4) is 0 Å². The van der Waals surface area contributed by atoms with E-state index in [0.717, 1.165) is 0 Å². The van der Waals surface area contributed by atoms with E-state index in [1.165, 1.54) is 84.1 Å². The predicted molar refractivity (Wildman–Crippen MR) is 210 cm³/mol. The molecule has 11 atom stereocenters. The van der Waals surface area contributed by atoms with E-state index in [1.807, 2.05) is 0 Å². The first kappa shape index (κ1) is 48.0. The first-order valence-corrected chi connectivity index (χ1v) is 19.4. The van der Waals surface area contributed by atoms with Gasteiger partial charge in [-0.3, -0.25) is 0 Å². The number of phenolic OH excluding ortho intramolecular Hbond substituents is 2. The first-order chi connectivity index (χ1) is 30.5. The molecule has 3 aliphatic rings. The number of carbonyl (C=O) groups excluding carboxylic acids is 2. The number of phenols is 2. The lowest BCUT2D eigenvalue weighted by molar-refractivity contribution is -0.324. The van der Waals surface area contributed by atoms with Gasteiger partial charge in [0.1, 0.15) is 49.5 Å². The Morgan fingerprint density at radius 2 is 1.12 bits per heavy atom. The van der Waals surface area contributed by atoms with E-state index < -0.39 is 112 Å². The average Bonchev–Trinajstić information content (AvgIpc) is 3.74. The van der Waals surface area contributed by atoms with Crippen molar-refractivity contribution in [3.8, 4) is 46.0 Å². The molecule has 6 rings (SSSR count). The molecule has 3 heterocycles. The summed E-state index contributed by atoms with van der Waals surface area (Å²) < 4.78 is 71.4. The fraction of sp³-hybridized carbons (Fsp3) is 0.512. The summed E-state index contributed by atoms with van der Waals surface area (Å²) in [5.74, 6) is -1.82. The zero-order valence-corrected chi connectivity index (χ0v) is 35.1. The third-order valence-corrected chi connectivity index (χ3v) is 10.6. The lowest BCUT2D eigenvalue weighted by Gasteiger charge is -2.43. The second-order valence-electron chi connectivity index (χ2n) is 14.8. The van der Waals surface area contributed by atoms with Crippen LogP contribution in [0.4, 0.5) is 0 Å². The highest BCUT2D eigenvalue weighted by Crippen LogP contribution is 2.42. The van der Waals surface area contributed by atoms with Gasteiger partial charge in [0.2, 0.25) is 12.0 Å². The van der Waals surface area contributed by atoms with Crippen molar-refractivity contribution in [2.75, 3.05) is 68.6 Å². The van der Waals surface area contributed by atoms with Gasteiger partial charge in [-0.15, -0.1) is 0 Å². The van der Waals surface area contributed by atoms with Crippen molar-refractivity contribution < 1.29 is 112 Å². The SMILES string of the molecule is COc1cc(C(=O)OCC2(O)COC(OCC3OC(Oc4cc(OC)c(OC)c(OC)c4)C(OC4OCC(O)(COC(=O)c5ccc(O)c(OC)c5)C4O)C(O)C3O)C2O)ccc1O. The zero-order chi connectivity index (χ0) is 46.5. The number of ether oxygens (including phenoxy) is 13. The summed E-state index contributed by atoms with van der Waals surface area (Å²) in [6.45, 7) is -3.36. The van der Waals surface area contributed by atoms with E-state index in [2.05, 4.69) is 0 Å². The van der Waals surface area contributed by atoms with Gasteiger partial charge in [0, 0.05) is 12.1 Å². The Labute approximate surface area is 364 Å². The molecule has 3 aromatic rings. The Morgan fingerprint density at radius 3 is 1.61 bits per heavy atom. The molecule has 352 valence electrons. The van der Waals surface area contributed by atoms with Gasteiger partial charge in [0.15, 0.2) is 64.4 Å². The van der Waals surface area contributed by atoms with Crippen molar-refractivity contribution in [2.45, 2.75) is 66.7 Å². The molecule has 0 aromatic heterocycles. The van der Waals surface area contributed by atoms with Crippen molar-refractivity contribution >= 4 is 11.9 Å². The molecule has 0 aliphatic carbocycles. The van der Waals surface area contributed by atoms with E-state index in [1.54, 1.807) is 0 Å². The van der Waals surface area contributed by atoms with Crippen molar-refractivity contribution in [3.63, 3.8) is 0 Å². The van der Waals surface area contributed by atoms with Crippen LogP contribution in [0.15, 0.2) is 48.5 Å². The Kier molecular flexibility index (Phi) is 15.1. The number of benzene rings is 3. The van der Waals surface area contributed by atoms with E-state index in [4.69, 9.17) is 61.6 Å². The Hall–Kier alpha value is -5.44. The minimum atomic E-state index is -2.24. The van der Waals surface area contributed by atoms with Crippen LogP contribution >= 0.6 is 0 Å². The molecule has 3 fully saturated rings. The number of aromatic hydroxyl groups is 2. The molecule has 3 aliphatic heterocycles. The minimum absolute atomic E-state index is 0.000940. The molecular weight excluding hydrogens is 860 g/mol. The van der Waals surface area contributed by atoms with Gasteiger partial charge < -0.3 is 102 Å². The van der Waals surface area contributed by atoms with Gasteiger partial charge in [-0.05, 0) is 36.4 Å². The second kappa shape index (κ2) is 20.2. The molecule has 0 bridgehead atoms. The predicted octanol–water partition coefficient (Wildman–Crippen LogP) is -1.02. The lowest BCUT2D eigenvalue weighted by atomic mass is 9.98. The first-order valence-electron chi connectivity index (χ1n) is 19.4. The summed E-state index contributed by atoms with van der Waals surface area (Å²) in [6, 6.07) is 10.1. The number of aliphatic hydroxyl groups is 6. The van der Waals surface area contributed by atoms with E-state index in [0.29, 0.717) is 0 Å². The van der Waals surface area contributed by atoms with Crippen LogP contribution in [0.25, 0.3) is 0 Å². The van der Waals surface area contributed by atoms with Gasteiger partial charge in [-0.1, -0.05) is 0 Å². The number of rotatable bonds is 18. The number of hydrogen-bond donors (Lipinski definition) is 8. The molecular formula is C41H50O23. The van der Waals surface area contributed by atoms with E-state index in [-0.39, 0.29) is 57.1 Å². The summed E-state index contributed by atoms with van der Waals surface area (Å²) in [4.78, 5) is 25.5. The van der Waals surface area contributed by atoms with E-state index >= 15 is 0 Å². The van der Waals surface area contributed by atoms with Crippen molar-refractivity contribution in [1.29, 1.82) is 0 Å². The summed E-state index contributed by atoms with van der Waals surface area (Å²) >= 11 is 0. The van der Waals surface area contributed by atoms with Crippen LogP contribution in [0, 0.1) is 0 Å². The second-order valence-corrected chi connectivity index (χ2v) is 14.8. The lowest BCUT2D eigenvalue weighted by Crippen LogP contribution is -2.62. The summed E-state index contributed by atoms with van der Waals surface area (Å²) in [6.07, 6.45) is -15.7. The molecule has 0 saturated carbocycles. The minimum Gasteiger partial charge on any atom is -0.504 e. The number of hydrogen-bond acceptors (Lipinski definition) is 23. The van der Waals surface area contributed by atoms with Gasteiger partial charge >= 0.3 is 11.9 Å². The smallest absolute Gasteiger partial charge is 0.338 e. The zero-order valence-electron chi connectivity index (χ0n) is 35.1. The highest BCUT2D eigenvalue weighted by Gasteiger charge is 2.55. The maximum atomic E-state index is 12.8. The average molecular weight is 911 g/mol. The number of aliphatic hydroxyl groups excluding tert-OH is 4. The van der Waals surface area contributed by atoms with Crippen molar-refractivity contribution in [3.05, 3.63) is 59.7 Å². The fourth-order valence-corrected chi connectivity index (χ4v) is 6.86. The third-order valence-electron chi connectivity index (χ3n) is 10.6. The van der Waals surface area contributed by atoms with Gasteiger partial charge in [-0.25, -0.2) is 9.59 Å². The van der Waals surface area contributed by atoms with E-state index in [9.17, 15) is 50.4 Å².